The molecule has 92 valence electrons. The van der Waals surface area contributed by atoms with Crippen LogP contribution in [-0.2, 0) is 0 Å². The van der Waals surface area contributed by atoms with Gasteiger partial charge in [-0.1, -0.05) is 39.0 Å². The van der Waals surface area contributed by atoms with Gasteiger partial charge in [0.05, 0.1) is 10.4 Å². The summed E-state index contributed by atoms with van der Waals surface area (Å²) in [7, 11) is 0. The van der Waals surface area contributed by atoms with Gasteiger partial charge in [0.1, 0.15) is 9.54 Å². The van der Waals surface area contributed by atoms with Crippen molar-refractivity contribution in [3.8, 4) is 5.75 Å². The molecule has 0 fully saturated rings. The van der Waals surface area contributed by atoms with Crippen molar-refractivity contribution in [3.05, 3.63) is 13.6 Å². The molecule has 16 heavy (non-hydrogen) atoms. The Morgan fingerprint density at radius 1 is 1.12 bits per heavy atom. The molecule has 0 aromatic carbocycles. The van der Waals surface area contributed by atoms with E-state index < -0.39 is 0 Å². The topological polar surface area (TPSA) is 9.23 Å². The lowest BCUT2D eigenvalue weighted by Gasteiger charge is -2.04. The van der Waals surface area contributed by atoms with Crippen molar-refractivity contribution in [2.24, 2.45) is 0 Å². The van der Waals surface area contributed by atoms with E-state index in [4.69, 9.17) is 4.74 Å². The summed E-state index contributed by atoms with van der Waals surface area (Å²) >= 11 is 8.58. The van der Waals surface area contributed by atoms with Gasteiger partial charge in [0.2, 0.25) is 0 Å². The molecule has 0 atom stereocenters. The van der Waals surface area contributed by atoms with Crippen LogP contribution in [0.15, 0.2) is 13.6 Å². The Morgan fingerprint density at radius 2 is 1.81 bits per heavy atom. The third kappa shape index (κ3) is 5.69. The first-order valence-electron chi connectivity index (χ1n) is 5.81. The van der Waals surface area contributed by atoms with E-state index in [1.54, 1.807) is 11.3 Å². The summed E-state index contributed by atoms with van der Waals surface area (Å²) in [6.45, 7) is 3.07. The van der Waals surface area contributed by atoms with Gasteiger partial charge >= 0.3 is 0 Å². The highest BCUT2D eigenvalue weighted by molar-refractivity contribution is 9.12. The van der Waals surface area contributed by atoms with E-state index in [2.05, 4.69) is 38.8 Å². The number of hydrogen-bond donors (Lipinski definition) is 0. The van der Waals surface area contributed by atoms with Crippen LogP contribution in [0, 0.1) is 0 Å². The Labute approximate surface area is 119 Å². The molecule has 0 N–H and O–H groups in total. The summed E-state index contributed by atoms with van der Waals surface area (Å²) < 4.78 is 7.88. The molecular formula is C12H18Br2OS. The molecule has 0 saturated carbocycles. The Bertz CT molecular complexity index is 299. The summed E-state index contributed by atoms with van der Waals surface area (Å²) in [6.07, 6.45) is 7.82. The highest BCUT2D eigenvalue weighted by atomic mass is 79.9. The second kappa shape index (κ2) is 8.54. The minimum Gasteiger partial charge on any atom is -0.491 e. The molecule has 0 unspecified atom stereocenters. The zero-order chi connectivity index (χ0) is 11.8. The highest BCUT2D eigenvalue weighted by Gasteiger charge is 2.05. The van der Waals surface area contributed by atoms with Gasteiger partial charge in [0.15, 0.2) is 0 Å². The number of halogens is 2. The van der Waals surface area contributed by atoms with E-state index in [1.807, 2.05) is 6.07 Å². The average molecular weight is 370 g/mol. The van der Waals surface area contributed by atoms with Gasteiger partial charge in [0.25, 0.3) is 0 Å². The monoisotopic (exact) mass is 368 g/mol. The number of thiophene rings is 1. The quantitative estimate of drug-likeness (QED) is 0.509. The van der Waals surface area contributed by atoms with Crippen LogP contribution in [0.5, 0.6) is 5.75 Å². The lowest BCUT2D eigenvalue weighted by atomic mass is 10.1. The molecule has 0 amide bonds. The highest BCUT2D eigenvalue weighted by Crippen LogP contribution is 2.37. The smallest absolute Gasteiger partial charge is 0.145 e. The second-order valence-corrected chi connectivity index (χ2v) is 7.55. The predicted octanol–water partition coefficient (Wildman–Crippen LogP) is 6.01. The Morgan fingerprint density at radius 3 is 2.44 bits per heavy atom. The molecule has 1 aromatic rings. The average Bonchev–Trinajstić information content (AvgIpc) is 2.56. The van der Waals surface area contributed by atoms with Crippen molar-refractivity contribution in [1.82, 2.24) is 0 Å². The zero-order valence-electron chi connectivity index (χ0n) is 9.60. The number of rotatable bonds is 8. The molecule has 0 radical (unpaired) electrons. The normalized spacial score (nSPS) is 10.7. The lowest BCUT2D eigenvalue weighted by molar-refractivity contribution is 0.304. The van der Waals surface area contributed by atoms with Crippen LogP contribution in [-0.4, -0.2) is 6.61 Å². The maximum atomic E-state index is 5.70. The molecule has 0 bridgehead atoms. The molecule has 1 aromatic heterocycles. The van der Waals surface area contributed by atoms with Crippen molar-refractivity contribution in [2.75, 3.05) is 6.61 Å². The first kappa shape index (κ1) is 14.5. The molecular weight excluding hydrogens is 352 g/mol. The zero-order valence-corrected chi connectivity index (χ0v) is 13.6. The summed E-state index contributed by atoms with van der Waals surface area (Å²) in [6, 6.07) is 2.02. The predicted molar refractivity (Wildman–Crippen MR) is 78.6 cm³/mol. The third-order valence-electron chi connectivity index (χ3n) is 2.38. The van der Waals surface area contributed by atoms with Crippen molar-refractivity contribution >= 4 is 43.2 Å². The van der Waals surface area contributed by atoms with Crippen molar-refractivity contribution < 1.29 is 4.74 Å². The number of unbranched alkanes of at least 4 members (excludes halogenated alkanes) is 5. The van der Waals surface area contributed by atoms with Gasteiger partial charge in [-0.15, -0.1) is 11.3 Å². The summed E-state index contributed by atoms with van der Waals surface area (Å²) in [5.41, 5.74) is 0. The van der Waals surface area contributed by atoms with E-state index in [1.165, 1.54) is 32.1 Å². The number of ether oxygens (including phenoxy) is 1. The van der Waals surface area contributed by atoms with Crippen LogP contribution in [0.1, 0.15) is 45.4 Å². The van der Waals surface area contributed by atoms with Crippen molar-refractivity contribution in [3.63, 3.8) is 0 Å². The fourth-order valence-corrected chi connectivity index (χ4v) is 4.14. The standard InChI is InChI=1S/C12H18Br2OS/c1-2-3-4-5-6-7-8-15-10-9-11(13)16-12(10)14/h9H,2-8H2,1H3. The van der Waals surface area contributed by atoms with Crippen LogP contribution < -0.4 is 4.74 Å². The molecule has 4 heteroatoms. The van der Waals surface area contributed by atoms with E-state index >= 15 is 0 Å². The van der Waals surface area contributed by atoms with Gasteiger partial charge in [-0.3, -0.25) is 0 Å². The Balaban J connectivity index is 2.05. The molecule has 0 aliphatic heterocycles. The van der Waals surface area contributed by atoms with Gasteiger partial charge in [-0.2, -0.15) is 0 Å². The third-order valence-corrected chi connectivity index (χ3v) is 4.67. The largest absolute Gasteiger partial charge is 0.491 e. The van der Waals surface area contributed by atoms with E-state index in [9.17, 15) is 0 Å². The van der Waals surface area contributed by atoms with E-state index in [-0.39, 0.29) is 0 Å². The van der Waals surface area contributed by atoms with Gasteiger partial charge in [0, 0.05) is 6.07 Å². The molecule has 1 nitrogen and oxygen atoms in total. The summed E-state index contributed by atoms with van der Waals surface area (Å²) in [5.74, 6) is 0.963. The van der Waals surface area contributed by atoms with Crippen molar-refractivity contribution in [1.29, 1.82) is 0 Å². The summed E-state index contributed by atoms with van der Waals surface area (Å²) in [4.78, 5) is 0. The Kier molecular flexibility index (Phi) is 7.75. The summed E-state index contributed by atoms with van der Waals surface area (Å²) in [5, 5.41) is 0. The first-order chi connectivity index (χ1) is 7.74. The fraction of sp³-hybridized carbons (Fsp3) is 0.667. The van der Waals surface area contributed by atoms with E-state index in [0.29, 0.717) is 0 Å². The molecule has 0 aliphatic rings. The van der Waals surface area contributed by atoms with Crippen LogP contribution in [0.2, 0.25) is 0 Å². The van der Waals surface area contributed by atoms with Crippen LogP contribution in [0.4, 0.5) is 0 Å². The van der Waals surface area contributed by atoms with Crippen LogP contribution in [0.25, 0.3) is 0 Å². The molecule has 0 aliphatic carbocycles. The molecule has 1 rings (SSSR count). The Hall–Kier alpha value is 0.460. The number of hydrogen-bond acceptors (Lipinski definition) is 2. The van der Waals surface area contributed by atoms with Gasteiger partial charge in [-0.05, 0) is 38.3 Å². The van der Waals surface area contributed by atoms with Gasteiger partial charge < -0.3 is 4.74 Å². The maximum absolute atomic E-state index is 5.70. The minimum absolute atomic E-state index is 0.827. The first-order valence-corrected chi connectivity index (χ1v) is 8.22. The SMILES string of the molecule is CCCCCCCCOc1cc(Br)sc1Br. The van der Waals surface area contributed by atoms with Crippen LogP contribution >= 0.6 is 43.2 Å². The minimum atomic E-state index is 0.827. The molecule has 1 heterocycles. The lowest BCUT2D eigenvalue weighted by Crippen LogP contribution is -1.96. The molecule has 0 saturated heterocycles. The van der Waals surface area contributed by atoms with E-state index in [0.717, 1.165) is 26.4 Å². The second-order valence-electron chi connectivity index (χ2n) is 3.80. The van der Waals surface area contributed by atoms with Crippen LogP contribution in [0.3, 0.4) is 0 Å². The van der Waals surface area contributed by atoms with Crippen molar-refractivity contribution in [2.45, 2.75) is 45.4 Å². The molecule has 0 spiro atoms. The van der Waals surface area contributed by atoms with Gasteiger partial charge in [-0.25, -0.2) is 0 Å². The maximum Gasteiger partial charge on any atom is 0.145 e. The fourth-order valence-electron chi connectivity index (χ4n) is 1.49.